The van der Waals surface area contributed by atoms with E-state index < -0.39 is 5.41 Å². The van der Waals surface area contributed by atoms with Crippen LogP contribution in [0, 0.1) is 0 Å². The minimum absolute atomic E-state index is 0.176. The molecular formula is C11H13NO3. The lowest BCUT2D eigenvalue weighted by atomic mass is 9.81. The fraction of sp³-hybridized carbons (Fsp3) is 0.364. The van der Waals surface area contributed by atoms with Gasteiger partial charge < -0.3 is 15.6 Å². The van der Waals surface area contributed by atoms with Gasteiger partial charge in [-0.1, -0.05) is 6.92 Å². The Kier molecular flexibility index (Phi) is 2.07. The number of carbonyl (C=O) groups is 1. The van der Waals surface area contributed by atoms with Crippen molar-refractivity contribution in [1.29, 1.82) is 0 Å². The molecule has 1 aliphatic rings. The molecule has 1 atom stereocenters. The molecule has 0 fully saturated rings. The summed E-state index contributed by atoms with van der Waals surface area (Å²) in [6.45, 7) is 2.33. The predicted molar refractivity (Wildman–Crippen MR) is 54.8 cm³/mol. The number of ether oxygens (including phenoxy) is 1. The van der Waals surface area contributed by atoms with E-state index in [9.17, 15) is 9.90 Å². The van der Waals surface area contributed by atoms with E-state index in [1.165, 1.54) is 0 Å². The van der Waals surface area contributed by atoms with Gasteiger partial charge in [-0.25, -0.2) is 0 Å². The van der Waals surface area contributed by atoms with Crippen LogP contribution >= 0.6 is 0 Å². The average molecular weight is 207 g/mol. The minimum Gasteiger partial charge on any atom is -0.508 e. The zero-order valence-corrected chi connectivity index (χ0v) is 8.49. The molecule has 0 spiro atoms. The number of carbonyl (C=O) groups excluding carboxylic acids is 1. The van der Waals surface area contributed by atoms with Crippen LogP contribution in [-0.4, -0.2) is 17.6 Å². The van der Waals surface area contributed by atoms with Crippen molar-refractivity contribution >= 4 is 5.91 Å². The second-order valence-electron chi connectivity index (χ2n) is 4.17. The van der Waals surface area contributed by atoms with Crippen molar-refractivity contribution in [3.05, 3.63) is 23.8 Å². The lowest BCUT2D eigenvalue weighted by Gasteiger charge is -2.20. The van der Waals surface area contributed by atoms with E-state index in [0.717, 1.165) is 11.3 Å². The number of hydrogen-bond donors (Lipinski definition) is 2. The monoisotopic (exact) mass is 207 g/mol. The molecule has 4 nitrogen and oxygen atoms in total. The van der Waals surface area contributed by atoms with Crippen LogP contribution in [0.15, 0.2) is 18.2 Å². The van der Waals surface area contributed by atoms with Gasteiger partial charge in [0.15, 0.2) is 0 Å². The van der Waals surface area contributed by atoms with E-state index in [1.54, 1.807) is 18.2 Å². The second kappa shape index (κ2) is 3.15. The Morgan fingerprint density at radius 3 is 3.07 bits per heavy atom. The number of rotatable bonds is 2. The second-order valence-corrected chi connectivity index (χ2v) is 4.17. The highest BCUT2D eigenvalue weighted by Crippen LogP contribution is 2.42. The summed E-state index contributed by atoms with van der Waals surface area (Å²) in [7, 11) is 0. The van der Waals surface area contributed by atoms with Crippen molar-refractivity contribution in [1.82, 2.24) is 0 Å². The van der Waals surface area contributed by atoms with E-state index in [1.807, 2.05) is 6.92 Å². The Hall–Kier alpha value is -1.71. The predicted octanol–water partition coefficient (Wildman–Crippen LogP) is 0.918. The summed E-state index contributed by atoms with van der Waals surface area (Å²) < 4.78 is 5.45. The van der Waals surface area contributed by atoms with Gasteiger partial charge in [-0.3, -0.25) is 4.79 Å². The summed E-state index contributed by atoms with van der Waals surface area (Å²) in [5.74, 6) is 0.531. The molecule has 1 unspecified atom stereocenters. The zero-order chi connectivity index (χ0) is 11.1. The number of nitrogens with two attached hydrogens (primary N) is 1. The van der Waals surface area contributed by atoms with Crippen LogP contribution in [0.3, 0.4) is 0 Å². The third-order valence-corrected chi connectivity index (χ3v) is 2.72. The van der Waals surface area contributed by atoms with Gasteiger partial charge >= 0.3 is 0 Å². The van der Waals surface area contributed by atoms with E-state index in [-0.39, 0.29) is 18.1 Å². The maximum absolute atomic E-state index is 11.0. The molecule has 80 valence electrons. The van der Waals surface area contributed by atoms with Crippen molar-refractivity contribution in [3.8, 4) is 11.5 Å². The first-order valence-electron chi connectivity index (χ1n) is 4.76. The van der Waals surface area contributed by atoms with Crippen molar-refractivity contribution in [3.63, 3.8) is 0 Å². The first kappa shape index (κ1) is 9.83. The SMILES string of the molecule is CC1(CC(N)=O)COc2ccc(O)cc21. The first-order chi connectivity index (χ1) is 7.01. The third-order valence-electron chi connectivity index (χ3n) is 2.72. The van der Waals surface area contributed by atoms with E-state index in [2.05, 4.69) is 0 Å². The van der Waals surface area contributed by atoms with Gasteiger partial charge in [-0.2, -0.15) is 0 Å². The smallest absolute Gasteiger partial charge is 0.218 e. The topological polar surface area (TPSA) is 72.6 Å². The number of primary amides is 1. The molecule has 1 aromatic rings. The van der Waals surface area contributed by atoms with Crippen LogP contribution < -0.4 is 10.5 Å². The fourth-order valence-corrected chi connectivity index (χ4v) is 1.96. The molecule has 2 rings (SSSR count). The lowest BCUT2D eigenvalue weighted by molar-refractivity contribution is -0.119. The molecule has 1 aliphatic heterocycles. The van der Waals surface area contributed by atoms with E-state index >= 15 is 0 Å². The maximum atomic E-state index is 11.0. The average Bonchev–Trinajstić information content (AvgIpc) is 2.43. The van der Waals surface area contributed by atoms with Crippen molar-refractivity contribution in [2.24, 2.45) is 5.73 Å². The molecule has 0 saturated heterocycles. The van der Waals surface area contributed by atoms with Crippen LogP contribution in [0.1, 0.15) is 18.9 Å². The van der Waals surface area contributed by atoms with Gasteiger partial charge in [0.25, 0.3) is 0 Å². The van der Waals surface area contributed by atoms with Crippen LogP contribution in [0.4, 0.5) is 0 Å². The molecular weight excluding hydrogens is 194 g/mol. The number of phenols is 1. The fourth-order valence-electron chi connectivity index (χ4n) is 1.96. The number of aromatic hydroxyl groups is 1. The number of amides is 1. The summed E-state index contributed by atoms with van der Waals surface area (Å²) >= 11 is 0. The molecule has 0 aliphatic carbocycles. The van der Waals surface area contributed by atoms with Crippen LogP contribution in [-0.2, 0) is 10.2 Å². The maximum Gasteiger partial charge on any atom is 0.218 e. The standard InChI is InChI=1S/C11H13NO3/c1-11(5-10(12)14)6-15-9-3-2-7(13)4-8(9)11/h2-4,13H,5-6H2,1H3,(H2,12,14). The van der Waals surface area contributed by atoms with E-state index in [4.69, 9.17) is 10.5 Å². The number of benzene rings is 1. The van der Waals surface area contributed by atoms with Gasteiger partial charge in [0.05, 0.1) is 6.61 Å². The molecule has 1 heterocycles. The molecule has 4 heteroatoms. The normalized spacial score (nSPS) is 23.3. The molecule has 0 radical (unpaired) electrons. The molecule has 1 amide bonds. The Labute approximate surface area is 87.7 Å². The quantitative estimate of drug-likeness (QED) is 0.757. The number of hydrogen-bond acceptors (Lipinski definition) is 3. The minimum atomic E-state index is -0.417. The summed E-state index contributed by atoms with van der Waals surface area (Å²) in [6.07, 6.45) is 0.226. The molecule has 15 heavy (non-hydrogen) atoms. The van der Waals surface area contributed by atoms with Gasteiger partial charge in [0.2, 0.25) is 5.91 Å². The summed E-state index contributed by atoms with van der Waals surface area (Å²) in [5.41, 5.74) is 5.63. The Morgan fingerprint density at radius 1 is 1.67 bits per heavy atom. The number of phenolic OH excluding ortho intramolecular Hbond substituents is 1. The van der Waals surface area contributed by atoms with Crippen molar-refractivity contribution < 1.29 is 14.6 Å². The molecule has 1 aromatic carbocycles. The molecule has 0 saturated carbocycles. The Bertz CT molecular complexity index is 416. The Balaban J connectivity index is 2.41. The van der Waals surface area contributed by atoms with Crippen molar-refractivity contribution in [2.45, 2.75) is 18.8 Å². The summed E-state index contributed by atoms with van der Waals surface area (Å²) in [6, 6.07) is 4.90. The largest absolute Gasteiger partial charge is 0.508 e. The van der Waals surface area contributed by atoms with Crippen LogP contribution in [0.25, 0.3) is 0 Å². The van der Waals surface area contributed by atoms with Gasteiger partial charge in [-0.15, -0.1) is 0 Å². The van der Waals surface area contributed by atoms with Crippen LogP contribution in [0.5, 0.6) is 11.5 Å². The third kappa shape index (κ3) is 1.63. The highest BCUT2D eigenvalue weighted by atomic mass is 16.5. The van der Waals surface area contributed by atoms with Crippen LogP contribution in [0.2, 0.25) is 0 Å². The highest BCUT2D eigenvalue weighted by Gasteiger charge is 2.37. The van der Waals surface area contributed by atoms with Gasteiger partial charge in [0.1, 0.15) is 11.5 Å². The zero-order valence-electron chi connectivity index (χ0n) is 8.49. The number of fused-ring (bicyclic) bond motifs is 1. The molecule has 0 aromatic heterocycles. The van der Waals surface area contributed by atoms with Gasteiger partial charge in [0, 0.05) is 17.4 Å². The summed E-state index contributed by atoms with van der Waals surface area (Å²) in [4.78, 5) is 11.0. The molecule has 0 bridgehead atoms. The molecule has 3 N–H and O–H groups in total. The van der Waals surface area contributed by atoms with Gasteiger partial charge in [-0.05, 0) is 18.2 Å². The summed E-state index contributed by atoms with van der Waals surface area (Å²) in [5, 5.41) is 9.39. The Morgan fingerprint density at radius 2 is 2.40 bits per heavy atom. The van der Waals surface area contributed by atoms with Crippen molar-refractivity contribution in [2.75, 3.05) is 6.61 Å². The van der Waals surface area contributed by atoms with E-state index in [0.29, 0.717) is 6.61 Å². The first-order valence-corrected chi connectivity index (χ1v) is 4.76. The highest BCUT2D eigenvalue weighted by molar-refractivity contribution is 5.76. The lowest BCUT2D eigenvalue weighted by Crippen LogP contribution is -2.30.